The number of nitrogens with one attached hydrogen (secondary N) is 2. The van der Waals surface area contributed by atoms with Crippen LogP contribution in [-0.4, -0.2) is 36.9 Å². The van der Waals surface area contributed by atoms with Crippen LogP contribution >= 0.6 is 11.3 Å². The number of benzene rings is 3. The van der Waals surface area contributed by atoms with Crippen molar-refractivity contribution in [2.45, 2.75) is 13.2 Å². The Morgan fingerprint density at radius 2 is 1.81 bits per heavy atom. The van der Waals surface area contributed by atoms with Crippen molar-refractivity contribution in [3.63, 3.8) is 0 Å². The van der Waals surface area contributed by atoms with Crippen molar-refractivity contribution < 1.29 is 14.7 Å². The first-order chi connectivity index (χ1) is 17.5. The van der Waals surface area contributed by atoms with Gasteiger partial charge in [-0.25, -0.2) is 9.67 Å². The Hall–Kier alpha value is -4.61. The fourth-order valence-corrected chi connectivity index (χ4v) is 4.51. The van der Waals surface area contributed by atoms with Crippen LogP contribution < -0.4 is 16.4 Å². The van der Waals surface area contributed by atoms with Crippen LogP contribution in [0.4, 0.5) is 15.8 Å². The number of hydrogen-bond donors (Lipinski definition) is 4. The molecule has 3 aromatic carbocycles. The maximum Gasteiger partial charge on any atom is 0.270 e. The summed E-state index contributed by atoms with van der Waals surface area (Å²) in [6.07, 6.45) is 1.65. The highest BCUT2D eigenvalue weighted by molar-refractivity contribution is 7.20. The van der Waals surface area contributed by atoms with Gasteiger partial charge in [0.1, 0.15) is 10.7 Å². The van der Waals surface area contributed by atoms with Gasteiger partial charge in [0.05, 0.1) is 19.3 Å². The van der Waals surface area contributed by atoms with E-state index in [1.807, 2.05) is 42.5 Å². The Labute approximate surface area is 209 Å². The molecule has 36 heavy (non-hydrogen) atoms. The first-order valence-electron chi connectivity index (χ1n) is 10.9. The molecule has 2 heterocycles. The van der Waals surface area contributed by atoms with E-state index >= 15 is 0 Å². The summed E-state index contributed by atoms with van der Waals surface area (Å²) in [4.78, 5) is 29.1. The third kappa shape index (κ3) is 5.06. The largest absolute Gasteiger partial charge is 0.390 e. The lowest BCUT2D eigenvalue weighted by molar-refractivity contribution is 0.0997. The number of fused-ring (bicyclic) bond motifs is 1. The zero-order valence-electron chi connectivity index (χ0n) is 18.9. The molecule has 0 saturated heterocycles. The zero-order chi connectivity index (χ0) is 25.1. The second-order valence-electron chi connectivity index (χ2n) is 7.96. The van der Waals surface area contributed by atoms with Crippen molar-refractivity contribution in [1.82, 2.24) is 20.0 Å². The number of carbonyl (C=O) groups is 2. The molecule has 2 aromatic heterocycles. The summed E-state index contributed by atoms with van der Waals surface area (Å²) < 4.78 is 1.60. The lowest BCUT2D eigenvalue weighted by Crippen LogP contribution is -2.17. The van der Waals surface area contributed by atoms with Crippen molar-refractivity contribution >= 4 is 49.7 Å². The van der Waals surface area contributed by atoms with Crippen LogP contribution in [0.3, 0.4) is 0 Å². The minimum atomic E-state index is -0.737. The standard InChI is InChI=1S/C25H21N7O3S/c26-22(34)21-24(36-25(28-21)27-19-10-9-16-3-1-2-4-18(16)11-19)29-23(35)17-7-5-15(6-8-17)12-32-13-20(14-33)30-31-32/h1-11,13,33H,12,14H2,(H2,26,34)(H,27,28)(H,29,35). The van der Waals surface area contributed by atoms with Gasteiger partial charge in [0.15, 0.2) is 10.8 Å². The van der Waals surface area contributed by atoms with Crippen molar-refractivity contribution in [3.8, 4) is 0 Å². The van der Waals surface area contributed by atoms with E-state index < -0.39 is 11.8 Å². The molecule has 180 valence electrons. The molecule has 0 aliphatic carbocycles. The summed E-state index contributed by atoms with van der Waals surface area (Å²) in [6, 6.07) is 20.8. The van der Waals surface area contributed by atoms with Crippen molar-refractivity contribution in [2.24, 2.45) is 5.73 Å². The number of nitrogens with two attached hydrogens (primary N) is 1. The van der Waals surface area contributed by atoms with E-state index in [0.29, 0.717) is 22.9 Å². The normalized spacial score (nSPS) is 10.9. The van der Waals surface area contributed by atoms with E-state index in [1.54, 1.807) is 35.1 Å². The first-order valence-corrected chi connectivity index (χ1v) is 11.8. The number of anilines is 3. The minimum absolute atomic E-state index is 0.0147. The van der Waals surface area contributed by atoms with Crippen LogP contribution in [0.1, 0.15) is 32.1 Å². The molecule has 2 amide bonds. The monoisotopic (exact) mass is 499 g/mol. The summed E-state index contributed by atoms with van der Waals surface area (Å²) >= 11 is 1.13. The first kappa shape index (κ1) is 23.1. The van der Waals surface area contributed by atoms with Gasteiger partial charge in [-0.3, -0.25) is 9.59 Å². The molecular formula is C25H21N7O3S. The summed E-state index contributed by atoms with van der Waals surface area (Å²) in [6.45, 7) is 0.267. The lowest BCUT2D eigenvalue weighted by Gasteiger charge is -2.06. The fourth-order valence-electron chi connectivity index (χ4n) is 3.63. The number of aromatic nitrogens is 4. The number of aliphatic hydroxyl groups is 1. The van der Waals surface area contributed by atoms with Gasteiger partial charge >= 0.3 is 0 Å². The minimum Gasteiger partial charge on any atom is -0.390 e. The van der Waals surface area contributed by atoms with Crippen LogP contribution in [0, 0.1) is 0 Å². The summed E-state index contributed by atoms with van der Waals surface area (Å²) in [5, 5.41) is 25.7. The van der Waals surface area contributed by atoms with E-state index in [1.165, 1.54) is 0 Å². The second kappa shape index (κ2) is 9.94. The highest BCUT2D eigenvalue weighted by Crippen LogP contribution is 2.32. The molecule has 0 saturated carbocycles. The number of rotatable bonds is 8. The maximum absolute atomic E-state index is 12.9. The number of amides is 2. The third-order valence-corrected chi connectivity index (χ3v) is 6.28. The van der Waals surface area contributed by atoms with Crippen LogP contribution in [-0.2, 0) is 13.2 Å². The Balaban J connectivity index is 1.30. The number of aliphatic hydroxyl groups excluding tert-OH is 1. The zero-order valence-corrected chi connectivity index (χ0v) is 19.7. The van der Waals surface area contributed by atoms with Crippen molar-refractivity contribution in [1.29, 1.82) is 0 Å². The van der Waals surface area contributed by atoms with E-state index in [-0.39, 0.29) is 17.3 Å². The van der Waals surface area contributed by atoms with Gasteiger partial charge in [0.25, 0.3) is 11.8 Å². The molecule has 11 heteroatoms. The number of primary amides is 1. The van der Waals surface area contributed by atoms with Gasteiger partial charge in [-0.1, -0.05) is 59.0 Å². The SMILES string of the molecule is NC(=O)c1nc(Nc2ccc3ccccc3c2)sc1NC(=O)c1ccc(Cn2cc(CO)nn2)cc1. The Kier molecular flexibility index (Phi) is 6.39. The third-order valence-electron chi connectivity index (χ3n) is 5.40. The number of carbonyl (C=O) groups excluding carboxylic acids is 2. The number of nitrogens with zero attached hydrogens (tertiary/aromatic N) is 4. The molecule has 0 aliphatic heterocycles. The molecule has 0 fully saturated rings. The number of hydrogen-bond acceptors (Lipinski definition) is 8. The number of thiazole rings is 1. The van der Waals surface area contributed by atoms with Gasteiger partial charge in [-0.15, -0.1) is 5.10 Å². The van der Waals surface area contributed by atoms with Crippen LogP contribution in [0.2, 0.25) is 0 Å². The fraction of sp³-hybridized carbons (Fsp3) is 0.0800. The molecule has 10 nitrogen and oxygen atoms in total. The van der Waals surface area contributed by atoms with Gasteiger partial charge in [-0.05, 0) is 40.6 Å². The molecule has 0 bridgehead atoms. The molecule has 0 atom stereocenters. The van der Waals surface area contributed by atoms with E-state index in [4.69, 9.17) is 10.8 Å². The van der Waals surface area contributed by atoms with Gasteiger partial charge in [-0.2, -0.15) is 0 Å². The molecule has 5 rings (SSSR count). The average molecular weight is 500 g/mol. The smallest absolute Gasteiger partial charge is 0.270 e. The molecule has 5 N–H and O–H groups in total. The Bertz CT molecular complexity index is 1560. The Morgan fingerprint density at radius 3 is 2.53 bits per heavy atom. The molecule has 5 aromatic rings. The topological polar surface area (TPSA) is 148 Å². The highest BCUT2D eigenvalue weighted by atomic mass is 32.1. The summed E-state index contributed by atoms with van der Waals surface area (Å²) in [5.41, 5.74) is 8.08. The molecule has 0 radical (unpaired) electrons. The molecular weight excluding hydrogens is 478 g/mol. The van der Waals surface area contributed by atoms with Crippen LogP contribution in [0.15, 0.2) is 72.9 Å². The van der Waals surface area contributed by atoms with Crippen molar-refractivity contribution in [3.05, 3.63) is 95.4 Å². The molecule has 0 aliphatic rings. The van der Waals surface area contributed by atoms with Crippen molar-refractivity contribution in [2.75, 3.05) is 10.6 Å². The van der Waals surface area contributed by atoms with Crippen LogP contribution in [0.5, 0.6) is 0 Å². The Morgan fingerprint density at radius 1 is 1.03 bits per heavy atom. The van der Waals surface area contributed by atoms with Crippen LogP contribution in [0.25, 0.3) is 10.8 Å². The average Bonchev–Trinajstić information content (AvgIpc) is 3.51. The van der Waals surface area contributed by atoms with E-state index in [9.17, 15) is 9.59 Å². The summed E-state index contributed by atoms with van der Waals surface area (Å²) in [5.74, 6) is -1.13. The quantitative estimate of drug-likeness (QED) is 0.255. The highest BCUT2D eigenvalue weighted by Gasteiger charge is 2.19. The lowest BCUT2D eigenvalue weighted by atomic mass is 10.1. The van der Waals surface area contributed by atoms with Gasteiger partial charge in [0, 0.05) is 11.3 Å². The summed E-state index contributed by atoms with van der Waals surface area (Å²) in [7, 11) is 0. The van der Waals surface area contributed by atoms with E-state index in [0.717, 1.165) is 33.4 Å². The predicted molar refractivity (Wildman–Crippen MR) is 137 cm³/mol. The van der Waals surface area contributed by atoms with E-state index in [2.05, 4.69) is 25.9 Å². The maximum atomic E-state index is 12.9. The second-order valence-corrected chi connectivity index (χ2v) is 8.96. The van der Waals surface area contributed by atoms with Gasteiger partial charge in [0.2, 0.25) is 0 Å². The molecule has 0 unspecified atom stereocenters. The predicted octanol–water partition coefficient (Wildman–Crippen LogP) is 3.52. The van der Waals surface area contributed by atoms with Gasteiger partial charge < -0.3 is 21.5 Å². The molecule has 0 spiro atoms.